The molecule has 0 saturated carbocycles. The Balaban J connectivity index is 1.94. The molecule has 0 atom stereocenters. The maximum Gasteiger partial charge on any atom is 0.233 e. The second kappa shape index (κ2) is 6.89. The van der Waals surface area contributed by atoms with Gasteiger partial charge in [0.1, 0.15) is 0 Å². The van der Waals surface area contributed by atoms with Crippen molar-refractivity contribution in [3.8, 4) is 11.3 Å². The topological polar surface area (TPSA) is 50.3 Å². The van der Waals surface area contributed by atoms with Crippen molar-refractivity contribution in [3.05, 3.63) is 59.2 Å². The molecule has 0 fully saturated rings. The molecule has 0 aliphatic heterocycles. The van der Waals surface area contributed by atoms with Crippen LogP contribution in [0.4, 0.5) is 23.1 Å². The van der Waals surface area contributed by atoms with Gasteiger partial charge in [0.2, 0.25) is 11.8 Å². The van der Waals surface area contributed by atoms with Crippen LogP contribution in [-0.4, -0.2) is 28.6 Å². The van der Waals surface area contributed by atoms with Crippen molar-refractivity contribution in [1.82, 2.24) is 14.5 Å². The molecule has 6 nitrogen and oxygen atoms in total. The van der Waals surface area contributed by atoms with E-state index in [4.69, 9.17) is 6.57 Å². The van der Waals surface area contributed by atoms with Crippen LogP contribution in [0.1, 0.15) is 11.3 Å². The molecular formula is C20H22N6. The molecule has 1 N–H and O–H groups in total. The van der Waals surface area contributed by atoms with Crippen molar-refractivity contribution in [2.24, 2.45) is 7.05 Å². The van der Waals surface area contributed by atoms with Gasteiger partial charge in [-0.05, 0) is 49.7 Å². The lowest BCUT2D eigenvalue weighted by molar-refractivity contribution is 0.899. The third kappa shape index (κ3) is 3.11. The van der Waals surface area contributed by atoms with Gasteiger partial charge < -0.3 is 15.1 Å². The first-order valence-electron chi connectivity index (χ1n) is 8.33. The van der Waals surface area contributed by atoms with Crippen molar-refractivity contribution in [2.75, 3.05) is 24.3 Å². The Bertz CT molecular complexity index is 977. The molecule has 0 spiro atoms. The lowest BCUT2D eigenvalue weighted by Gasteiger charge is -2.13. The van der Waals surface area contributed by atoms with Crippen LogP contribution in [-0.2, 0) is 7.05 Å². The fourth-order valence-electron chi connectivity index (χ4n) is 3.03. The van der Waals surface area contributed by atoms with Gasteiger partial charge >= 0.3 is 0 Å². The highest BCUT2D eigenvalue weighted by Gasteiger charge is 2.19. The van der Waals surface area contributed by atoms with Gasteiger partial charge in [0.05, 0.1) is 18.4 Å². The highest BCUT2D eigenvalue weighted by Crippen LogP contribution is 2.35. The Morgan fingerprint density at radius 3 is 2.38 bits per heavy atom. The lowest BCUT2D eigenvalue weighted by Crippen LogP contribution is -2.08. The maximum absolute atomic E-state index is 7.39. The second-order valence-corrected chi connectivity index (χ2v) is 6.41. The first-order chi connectivity index (χ1) is 12.4. The van der Waals surface area contributed by atoms with Gasteiger partial charge in [-0.1, -0.05) is 6.57 Å². The monoisotopic (exact) mass is 346 g/mol. The van der Waals surface area contributed by atoms with Crippen LogP contribution in [0.5, 0.6) is 0 Å². The smallest absolute Gasteiger partial charge is 0.233 e. The zero-order chi connectivity index (χ0) is 18.8. The molecule has 0 amide bonds. The minimum atomic E-state index is 0.534. The largest absolute Gasteiger partial charge is 0.378 e. The Labute approximate surface area is 154 Å². The first-order valence-corrected chi connectivity index (χ1v) is 8.33. The predicted octanol–water partition coefficient (Wildman–Crippen LogP) is 4.46. The molecule has 2 heterocycles. The summed E-state index contributed by atoms with van der Waals surface area (Å²) >= 11 is 0. The zero-order valence-electron chi connectivity index (χ0n) is 15.7. The molecule has 0 unspecified atom stereocenters. The minimum absolute atomic E-state index is 0.534. The Kier molecular flexibility index (Phi) is 4.63. The van der Waals surface area contributed by atoms with Crippen molar-refractivity contribution in [2.45, 2.75) is 13.8 Å². The molecule has 3 aromatic rings. The van der Waals surface area contributed by atoms with E-state index in [2.05, 4.69) is 25.0 Å². The highest BCUT2D eigenvalue weighted by atomic mass is 15.1. The van der Waals surface area contributed by atoms with Crippen LogP contribution < -0.4 is 10.2 Å². The van der Waals surface area contributed by atoms with Gasteiger partial charge in [-0.2, -0.15) is 0 Å². The maximum atomic E-state index is 7.39. The summed E-state index contributed by atoms with van der Waals surface area (Å²) in [7, 11) is 5.93. The van der Waals surface area contributed by atoms with Crippen molar-refractivity contribution in [3.63, 3.8) is 0 Å². The van der Waals surface area contributed by atoms with E-state index in [1.165, 1.54) is 0 Å². The number of aromatic nitrogens is 3. The van der Waals surface area contributed by atoms with Gasteiger partial charge in [0.25, 0.3) is 0 Å². The SMILES string of the molecule is [C-]#[N+]c1c(C)c(-c2ccnc(Nc3ccc(N(C)C)cc3)n2)c(C)n1C. The number of hydrogen-bond acceptors (Lipinski definition) is 4. The number of benzene rings is 1. The summed E-state index contributed by atoms with van der Waals surface area (Å²) in [5.74, 6) is 1.18. The summed E-state index contributed by atoms with van der Waals surface area (Å²) in [6.07, 6.45) is 1.74. The van der Waals surface area contributed by atoms with E-state index < -0.39 is 0 Å². The number of anilines is 3. The second-order valence-electron chi connectivity index (χ2n) is 6.41. The van der Waals surface area contributed by atoms with E-state index in [0.29, 0.717) is 11.8 Å². The summed E-state index contributed by atoms with van der Waals surface area (Å²) < 4.78 is 1.91. The number of hydrogen-bond donors (Lipinski definition) is 1. The molecular weight excluding hydrogens is 324 g/mol. The molecule has 3 rings (SSSR count). The summed E-state index contributed by atoms with van der Waals surface area (Å²) in [4.78, 5) is 14.7. The van der Waals surface area contributed by atoms with E-state index in [1.807, 2.05) is 69.9 Å². The lowest BCUT2D eigenvalue weighted by atomic mass is 10.1. The van der Waals surface area contributed by atoms with Crippen LogP contribution >= 0.6 is 0 Å². The van der Waals surface area contributed by atoms with Gasteiger partial charge in [0.15, 0.2) is 0 Å². The normalized spacial score (nSPS) is 10.5. The highest BCUT2D eigenvalue weighted by molar-refractivity contribution is 5.75. The molecule has 0 aliphatic carbocycles. The van der Waals surface area contributed by atoms with Gasteiger partial charge in [-0.15, -0.1) is 0 Å². The Hall–Kier alpha value is -3.33. The number of nitrogens with zero attached hydrogens (tertiary/aromatic N) is 5. The molecule has 26 heavy (non-hydrogen) atoms. The average Bonchev–Trinajstić information content (AvgIpc) is 2.84. The number of nitrogens with one attached hydrogen (secondary N) is 1. The Morgan fingerprint density at radius 2 is 1.81 bits per heavy atom. The van der Waals surface area contributed by atoms with E-state index in [1.54, 1.807) is 6.20 Å². The quantitative estimate of drug-likeness (QED) is 0.709. The van der Waals surface area contributed by atoms with Crippen LogP contribution in [0.3, 0.4) is 0 Å². The number of rotatable bonds is 4. The Morgan fingerprint density at radius 1 is 1.12 bits per heavy atom. The molecule has 0 saturated heterocycles. The zero-order valence-corrected chi connectivity index (χ0v) is 15.7. The van der Waals surface area contributed by atoms with Crippen LogP contribution in [0.15, 0.2) is 36.5 Å². The third-order valence-corrected chi connectivity index (χ3v) is 4.55. The third-order valence-electron chi connectivity index (χ3n) is 4.55. The van der Waals surface area contributed by atoms with E-state index in [0.717, 1.165) is 33.9 Å². The molecule has 2 aromatic heterocycles. The van der Waals surface area contributed by atoms with E-state index >= 15 is 0 Å². The van der Waals surface area contributed by atoms with Crippen LogP contribution in [0.2, 0.25) is 0 Å². The van der Waals surface area contributed by atoms with Gasteiger partial charge in [-0.3, -0.25) is 4.57 Å². The van der Waals surface area contributed by atoms with Gasteiger partial charge in [-0.25, -0.2) is 9.97 Å². The average molecular weight is 346 g/mol. The summed E-state index contributed by atoms with van der Waals surface area (Å²) in [5.41, 5.74) is 5.83. The van der Waals surface area contributed by atoms with E-state index in [9.17, 15) is 0 Å². The van der Waals surface area contributed by atoms with Gasteiger partial charge in [0, 0.05) is 37.2 Å². The predicted molar refractivity (Wildman–Crippen MR) is 106 cm³/mol. The van der Waals surface area contributed by atoms with Crippen LogP contribution in [0, 0.1) is 20.4 Å². The molecule has 0 bridgehead atoms. The standard InChI is InChI=1S/C20H22N6/c1-13-18(14(2)26(6)19(13)21-3)17-11-12-22-20(24-17)23-15-7-9-16(10-8-15)25(4)5/h7-12H,1-2,4-6H3,(H,22,23,24). The first kappa shape index (κ1) is 17.5. The fourth-order valence-corrected chi connectivity index (χ4v) is 3.03. The molecule has 6 heteroatoms. The van der Waals surface area contributed by atoms with E-state index in [-0.39, 0.29) is 0 Å². The summed E-state index contributed by atoms with van der Waals surface area (Å²) in [6, 6.07) is 9.96. The van der Waals surface area contributed by atoms with Crippen molar-refractivity contribution < 1.29 is 0 Å². The molecule has 1 aromatic carbocycles. The van der Waals surface area contributed by atoms with Crippen molar-refractivity contribution >= 4 is 23.1 Å². The van der Waals surface area contributed by atoms with Crippen molar-refractivity contribution in [1.29, 1.82) is 0 Å². The minimum Gasteiger partial charge on any atom is -0.378 e. The van der Waals surface area contributed by atoms with Crippen LogP contribution in [0.25, 0.3) is 16.1 Å². The molecule has 132 valence electrons. The molecule has 0 aliphatic rings. The molecule has 0 radical (unpaired) electrons. The summed E-state index contributed by atoms with van der Waals surface area (Å²) in [5, 5.41) is 3.25. The fraction of sp³-hybridized carbons (Fsp3) is 0.250. The summed E-state index contributed by atoms with van der Waals surface area (Å²) in [6.45, 7) is 11.4.